The Kier molecular flexibility index (Phi) is 5.34. The number of rotatable bonds is 4. The number of hydrogen-bond donors (Lipinski definition) is 2. The van der Waals surface area contributed by atoms with Crippen molar-refractivity contribution in [1.29, 1.82) is 0 Å². The summed E-state index contributed by atoms with van der Waals surface area (Å²) >= 11 is 0. The second-order valence-electron chi connectivity index (χ2n) is 9.69. The maximum atomic E-state index is 13.1. The molecule has 1 fully saturated rings. The number of benzene rings is 2. The predicted molar refractivity (Wildman–Crippen MR) is 133 cm³/mol. The van der Waals surface area contributed by atoms with E-state index in [1.54, 1.807) is 18.0 Å². The highest BCUT2D eigenvalue weighted by molar-refractivity contribution is 6.06. The smallest absolute Gasteiger partial charge is 0.252 e. The lowest BCUT2D eigenvalue weighted by atomic mass is 9.79. The van der Waals surface area contributed by atoms with Gasteiger partial charge >= 0.3 is 0 Å². The summed E-state index contributed by atoms with van der Waals surface area (Å²) < 4.78 is 5.66. The van der Waals surface area contributed by atoms with Gasteiger partial charge in [-0.3, -0.25) is 14.4 Å². The number of fused-ring (bicyclic) bond motifs is 3. The van der Waals surface area contributed by atoms with Crippen molar-refractivity contribution in [2.75, 3.05) is 23.8 Å². The zero-order valence-electron chi connectivity index (χ0n) is 19.9. The van der Waals surface area contributed by atoms with Gasteiger partial charge in [0.1, 0.15) is 18.5 Å². The Hall–Kier alpha value is -4.04. The number of morpholine rings is 1. The standard InChI is InChI=1S/C28H26N4O4/c1-17-26(34)32(23(16-36-17)18-6-3-2-4-7-18)15-24(33)30-21-10-9-19-13-28(14-20(19)12-21)22-8-5-11-29-25(22)31-27(28)35/h2-12,17,23H,13-16H2,1H3,(H,30,33)(H,29,31,35). The van der Waals surface area contributed by atoms with Crippen LogP contribution in [0.3, 0.4) is 0 Å². The second kappa shape index (κ2) is 8.57. The van der Waals surface area contributed by atoms with E-state index in [1.807, 2.05) is 60.7 Å². The molecule has 2 aliphatic heterocycles. The van der Waals surface area contributed by atoms with Crippen molar-refractivity contribution in [2.45, 2.75) is 37.3 Å². The molecule has 1 aromatic heterocycles. The van der Waals surface area contributed by atoms with E-state index in [0.717, 1.165) is 22.3 Å². The maximum Gasteiger partial charge on any atom is 0.252 e. The number of aromatic nitrogens is 1. The van der Waals surface area contributed by atoms with E-state index >= 15 is 0 Å². The zero-order valence-corrected chi connectivity index (χ0v) is 19.9. The first kappa shape index (κ1) is 22.4. The van der Waals surface area contributed by atoms with Crippen LogP contribution < -0.4 is 10.6 Å². The summed E-state index contributed by atoms with van der Waals surface area (Å²) in [6.45, 7) is 1.97. The lowest BCUT2D eigenvalue weighted by molar-refractivity contribution is -0.159. The zero-order chi connectivity index (χ0) is 24.9. The van der Waals surface area contributed by atoms with Gasteiger partial charge in [0.15, 0.2) is 0 Å². The number of carbonyl (C=O) groups excluding carboxylic acids is 3. The Balaban J connectivity index is 1.19. The molecule has 6 rings (SSSR count). The molecule has 3 heterocycles. The minimum atomic E-state index is -0.659. The van der Waals surface area contributed by atoms with Gasteiger partial charge in [-0.15, -0.1) is 0 Å². The highest BCUT2D eigenvalue weighted by Gasteiger charge is 2.51. The van der Waals surface area contributed by atoms with Crippen molar-refractivity contribution >= 4 is 29.2 Å². The van der Waals surface area contributed by atoms with Gasteiger partial charge in [-0.25, -0.2) is 4.98 Å². The van der Waals surface area contributed by atoms with Crippen molar-refractivity contribution in [3.05, 3.63) is 89.1 Å². The van der Waals surface area contributed by atoms with Gasteiger partial charge in [0.2, 0.25) is 11.8 Å². The van der Waals surface area contributed by atoms with E-state index in [4.69, 9.17) is 4.74 Å². The molecule has 1 saturated heterocycles. The molecule has 2 aromatic carbocycles. The van der Waals surface area contributed by atoms with Crippen LogP contribution in [-0.4, -0.2) is 46.9 Å². The van der Waals surface area contributed by atoms with Gasteiger partial charge in [0.25, 0.3) is 5.91 Å². The number of amides is 3. The van der Waals surface area contributed by atoms with Gasteiger partial charge in [-0.05, 0) is 54.7 Å². The molecule has 0 bridgehead atoms. The lowest BCUT2D eigenvalue weighted by Gasteiger charge is -2.38. The van der Waals surface area contributed by atoms with E-state index in [2.05, 4.69) is 15.6 Å². The third-order valence-corrected chi connectivity index (χ3v) is 7.47. The number of ether oxygens (including phenoxy) is 1. The van der Waals surface area contributed by atoms with Crippen molar-refractivity contribution in [1.82, 2.24) is 9.88 Å². The monoisotopic (exact) mass is 482 g/mol. The van der Waals surface area contributed by atoms with Crippen LogP contribution in [0.15, 0.2) is 66.9 Å². The third-order valence-electron chi connectivity index (χ3n) is 7.47. The predicted octanol–water partition coefficient (Wildman–Crippen LogP) is 3.00. The highest BCUT2D eigenvalue weighted by Crippen LogP contribution is 2.46. The molecule has 0 saturated carbocycles. The Morgan fingerprint density at radius 3 is 2.75 bits per heavy atom. The topological polar surface area (TPSA) is 101 Å². The van der Waals surface area contributed by atoms with Gasteiger partial charge in [0.05, 0.1) is 18.1 Å². The first-order valence-electron chi connectivity index (χ1n) is 12.1. The SMILES string of the molecule is CC1OCC(c2ccccc2)N(CC(=O)Nc2ccc3c(c2)CC2(C3)C(=O)Nc3ncccc32)C1=O. The van der Waals surface area contributed by atoms with Crippen LogP contribution in [0.1, 0.15) is 35.2 Å². The summed E-state index contributed by atoms with van der Waals surface area (Å²) in [6.07, 6.45) is 2.23. The van der Waals surface area contributed by atoms with Crippen LogP contribution >= 0.6 is 0 Å². The summed E-state index contributed by atoms with van der Waals surface area (Å²) in [7, 11) is 0. The van der Waals surface area contributed by atoms with Crippen LogP contribution in [0.4, 0.5) is 11.5 Å². The summed E-state index contributed by atoms with van der Waals surface area (Å²) in [4.78, 5) is 44.8. The van der Waals surface area contributed by atoms with Crippen molar-refractivity contribution in [3.8, 4) is 0 Å². The minimum Gasteiger partial charge on any atom is -0.366 e. The molecule has 0 radical (unpaired) electrons. The van der Waals surface area contributed by atoms with Crippen LogP contribution in [0.2, 0.25) is 0 Å². The summed E-state index contributed by atoms with van der Waals surface area (Å²) in [5.41, 5.74) is 3.94. The summed E-state index contributed by atoms with van der Waals surface area (Å²) in [5.74, 6) is 0.103. The number of pyridine rings is 1. The van der Waals surface area contributed by atoms with Crippen LogP contribution in [-0.2, 0) is 37.4 Å². The van der Waals surface area contributed by atoms with Crippen molar-refractivity contribution in [2.24, 2.45) is 0 Å². The third kappa shape index (κ3) is 3.65. The lowest BCUT2D eigenvalue weighted by Crippen LogP contribution is -2.51. The number of hydrogen-bond acceptors (Lipinski definition) is 5. The molecule has 36 heavy (non-hydrogen) atoms. The fourth-order valence-corrected chi connectivity index (χ4v) is 5.62. The van der Waals surface area contributed by atoms with Crippen molar-refractivity contribution in [3.63, 3.8) is 0 Å². The second-order valence-corrected chi connectivity index (χ2v) is 9.69. The van der Waals surface area contributed by atoms with Crippen LogP contribution in [0.5, 0.6) is 0 Å². The van der Waals surface area contributed by atoms with E-state index < -0.39 is 11.5 Å². The Bertz CT molecular complexity index is 1370. The molecule has 2 N–H and O–H groups in total. The summed E-state index contributed by atoms with van der Waals surface area (Å²) in [5, 5.41) is 5.86. The maximum absolute atomic E-state index is 13.1. The molecule has 1 spiro atoms. The van der Waals surface area contributed by atoms with Gasteiger partial charge < -0.3 is 20.3 Å². The van der Waals surface area contributed by atoms with Crippen LogP contribution in [0.25, 0.3) is 0 Å². The molecule has 3 aliphatic rings. The fourth-order valence-electron chi connectivity index (χ4n) is 5.62. The molecule has 1 aliphatic carbocycles. The van der Waals surface area contributed by atoms with E-state index in [0.29, 0.717) is 31.0 Å². The quantitative estimate of drug-likeness (QED) is 0.596. The molecule has 3 aromatic rings. The number of carbonyl (C=O) groups is 3. The van der Waals surface area contributed by atoms with E-state index in [9.17, 15) is 14.4 Å². The normalized spacial score (nSPS) is 24.4. The van der Waals surface area contributed by atoms with Gasteiger partial charge in [-0.2, -0.15) is 0 Å². The Labute approximate surface area is 208 Å². The number of nitrogens with one attached hydrogen (secondary N) is 2. The van der Waals surface area contributed by atoms with E-state index in [-0.39, 0.29) is 30.3 Å². The molecule has 3 atom stereocenters. The minimum absolute atomic E-state index is 0.0371. The van der Waals surface area contributed by atoms with Crippen LogP contribution in [0, 0.1) is 0 Å². The highest BCUT2D eigenvalue weighted by atomic mass is 16.5. The Morgan fingerprint density at radius 2 is 1.92 bits per heavy atom. The average Bonchev–Trinajstić information content (AvgIpc) is 3.40. The molecule has 8 heteroatoms. The number of nitrogens with zero attached hydrogens (tertiary/aromatic N) is 2. The average molecular weight is 483 g/mol. The molecular weight excluding hydrogens is 456 g/mol. The summed E-state index contributed by atoms with van der Waals surface area (Å²) in [6, 6.07) is 18.8. The largest absolute Gasteiger partial charge is 0.366 e. The van der Waals surface area contributed by atoms with E-state index in [1.165, 1.54) is 0 Å². The molecular formula is C28H26N4O4. The van der Waals surface area contributed by atoms with Gasteiger partial charge in [0, 0.05) is 17.4 Å². The molecule has 182 valence electrons. The molecule has 3 unspecified atom stereocenters. The molecule has 8 nitrogen and oxygen atoms in total. The Morgan fingerprint density at radius 1 is 1.11 bits per heavy atom. The van der Waals surface area contributed by atoms with Gasteiger partial charge in [-0.1, -0.05) is 42.5 Å². The first-order valence-corrected chi connectivity index (χ1v) is 12.1. The fraction of sp³-hybridized carbons (Fsp3) is 0.286. The first-order chi connectivity index (χ1) is 17.4. The molecule has 3 amide bonds. The number of anilines is 2. The van der Waals surface area contributed by atoms with Crippen molar-refractivity contribution < 1.29 is 19.1 Å².